The van der Waals surface area contributed by atoms with Crippen LogP contribution in [0.15, 0.2) is 48.7 Å². The summed E-state index contributed by atoms with van der Waals surface area (Å²) in [6.07, 6.45) is 2.82. The molecule has 3 rings (SSSR count). The zero-order chi connectivity index (χ0) is 14.8. The van der Waals surface area contributed by atoms with Gasteiger partial charge < -0.3 is 15.8 Å². The lowest BCUT2D eigenvalue weighted by Crippen LogP contribution is -2.14. The maximum absolute atomic E-state index is 9.50. The Balaban J connectivity index is 1.93. The number of hydrogen-bond acceptors (Lipinski definition) is 2. The number of fused-ring (bicyclic) bond motifs is 1. The van der Waals surface area contributed by atoms with Crippen LogP contribution in [0.3, 0.4) is 0 Å². The molecule has 108 valence electrons. The number of phenols is 1. The third-order valence-electron chi connectivity index (χ3n) is 3.84. The molecule has 0 fully saturated rings. The number of rotatable bonds is 4. The van der Waals surface area contributed by atoms with Crippen LogP contribution in [0, 0.1) is 0 Å². The molecule has 4 N–H and O–H groups in total. The summed E-state index contributed by atoms with van der Waals surface area (Å²) in [6.45, 7) is 0.556. The van der Waals surface area contributed by atoms with Crippen LogP contribution in [0.5, 0.6) is 5.75 Å². The minimum absolute atomic E-state index is 0.108. The predicted octanol–water partition coefficient (Wildman–Crippen LogP) is 3.81. The summed E-state index contributed by atoms with van der Waals surface area (Å²) in [6, 6.07) is 13.5. The monoisotopic (exact) mass is 300 g/mol. The molecule has 0 saturated carbocycles. The molecule has 3 nitrogen and oxygen atoms in total. The number of aromatic amines is 1. The van der Waals surface area contributed by atoms with Gasteiger partial charge in [-0.3, -0.25) is 0 Å². The number of hydrogen-bond donors (Lipinski definition) is 3. The minimum Gasteiger partial charge on any atom is -0.506 e. The van der Waals surface area contributed by atoms with Crippen LogP contribution in [-0.4, -0.2) is 16.6 Å². The van der Waals surface area contributed by atoms with Crippen LogP contribution in [0.4, 0.5) is 0 Å². The van der Waals surface area contributed by atoms with Crippen LogP contribution in [0.1, 0.15) is 17.0 Å². The summed E-state index contributed by atoms with van der Waals surface area (Å²) in [7, 11) is 0. The molecule has 2 aromatic carbocycles. The number of benzene rings is 2. The third kappa shape index (κ3) is 2.75. The first-order valence-corrected chi connectivity index (χ1v) is 7.30. The summed E-state index contributed by atoms with van der Waals surface area (Å²) in [5.74, 6) is 0.318. The van der Waals surface area contributed by atoms with E-state index in [1.54, 1.807) is 12.1 Å². The Morgan fingerprint density at radius 1 is 1.19 bits per heavy atom. The van der Waals surface area contributed by atoms with Gasteiger partial charge in [0.25, 0.3) is 0 Å². The van der Waals surface area contributed by atoms with Crippen molar-refractivity contribution in [2.75, 3.05) is 6.54 Å². The van der Waals surface area contributed by atoms with Crippen molar-refractivity contribution in [1.29, 1.82) is 0 Å². The zero-order valence-corrected chi connectivity index (χ0v) is 12.3. The molecular formula is C17H17ClN2O. The van der Waals surface area contributed by atoms with E-state index >= 15 is 0 Å². The van der Waals surface area contributed by atoms with E-state index < -0.39 is 0 Å². The lowest BCUT2D eigenvalue weighted by Gasteiger charge is -2.15. The first-order chi connectivity index (χ1) is 10.2. The average Bonchev–Trinajstić information content (AvgIpc) is 2.92. The van der Waals surface area contributed by atoms with Gasteiger partial charge >= 0.3 is 0 Å². The second-order valence-electron chi connectivity index (χ2n) is 5.21. The second-order valence-corrected chi connectivity index (χ2v) is 5.62. The fourth-order valence-corrected chi connectivity index (χ4v) is 2.92. The highest BCUT2D eigenvalue weighted by Crippen LogP contribution is 2.30. The fraction of sp³-hybridized carbons (Fsp3) is 0.176. The summed E-state index contributed by atoms with van der Waals surface area (Å²) < 4.78 is 0. The summed E-state index contributed by atoms with van der Waals surface area (Å²) in [5.41, 5.74) is 9.38. The van der Waals surface area contributed by atoms with Crippen LogP contribution in [0.25, 0.3) is 10.9 Å². The quantitative estimate of drug-likeness (QED) is 0.686. The van der Waals surface area contributed by atoms with Crippen LogP contribution in [0.2, 0.25) is 5.02 Å². The van der Waals surface area contributed by atoms with Gasteiger partial charge in [0.2, 0.25) is 0 Å². The largest absolute Gasteiger partial charge is 0.506 e. The van der Waals surface area contributed by atoms with E-state index in [9.17, 15) is 5.11 Å². The molecule has 1 heterocycles. The van der Waals surface area contributed by atoms with Gasteiger partial charge in [-0.1, -0.05) is 35.9 Å². The van der Waals surface area contributed by atoms with Crippen LogP contribution < -0.4 is 5.73 Å². The third-order valence-corrected chi connectivity index (χ3v) is 4.14. The van der Waals surface area contributed by atoms with E-state index in [1.807, 2.05) is 24.4 Å². The Labute approximate surface area is 128 Å². The Bertz CT molecular complexity index is 766. The Morgan fingerprint density at radius 2 is 2.00 bits per heavy atom. The highest BCUT2D eigenvalue weighted by molar-refractivity contribution is 6.32. The Hall–Kier alpha value is -1.97. The van der Waals surface area contributed by atoms with Gasteiger partial charge in [0.1, 0.15) is 5.75 Å². The van der Waals surface area contributed by atoms with Crippen molar-refractivity contribution in [3.8, 4) is 5.75 Å². The highest BCUT2D eigenvalue weighted by atomic mass is 35.5. The number of aromatic hydroxyl groups is 1. The molecule has 3 aromatic rings. The minimum atomic E-state index is 0.108. The molecular weight excluding hydrogens is 284 g/mol. The summed E-state index contributed by atoms with van der Waals surface area (Å²) in [4.78, 5) is 3.29. The average molecular weight is 301 g/mol. The molecule has 1 atom stereocenters. The van der Waals surface area contributed by atoms with Crippen molar-refractivity contribution < 1.29 is 5.11 Å². The van der Waals surface area contributed by atoms with E-state index in [4.69, 9.17) is 17.3 Å². The van der Waals surface area contributed by atoms with Crippen molar-refractivity contribution >= 4 is 22.5 Å². The van der Waals surface area contributed by atoms with Crippen LogP contribution in [-0.2, 0) is 6.42 Å². The van der Waals surface area contributed by atoms with Gasteiger partial charge in [0.05, 0.1) is 5.02 Å². The van der Waals surface area contributed by atoms with Gasteiger partial charge in [-0.25, -0.2) is 0 Å². The van der Waals surface area contributed by atoms with E-state index in [2.05, 4.69) is 17.1 Å². The molecule has 0 saturated heterocycles. The first-order valence-electron chi connectivity index (χ1n) is 6.92. The van der Waals surface area contributed by atoms with Crippen molar-refractivity contribution in [3.05, 3.63) is 64.8 Å². The summed E-state index contributed by atoms with van der Waals surface area (Å²) in [5, 5.41) is 11.1. The Morgan fingerprint density at radius 3 is 2.76 bits per heavy atom. The van der Waals surface area contributed by atoms with Gasteiger partial charge in [-0.15, -0.1) is 0 Å². The SMILES string of the molecule is NCC(Cc1ccc(O)c(Cl)c1)c1c[nH]c2ccccc12. The van der Waals surface area contributed by atoms with Crippen LogP contribution >= 0.6 is 11.6 Å². The maximum atomic E-state index is 9.50. The topological polar surface area (TPSA) is 62.0 Å². The van der Waals surface area contributed by atoms with Gasteiger partial charge in [-0.05, 0) is 42.3 Å². The van der Waals surface area contributed by atoms with E-state index in [0.717, 1.165) is 17.5 Å². The number of phenolic OH excluding ortho intramolecular Hbond substituents is 1. The number of para-hydroxylation sites is 1. The molecule has 0 aliphatic rings. The maximum Gasteiger partial charge on any atom is 0.134 e. The van der Waals surface area contributed by atoms with Gasteiger partial charge in [0, 0.05) is 23.0 Å². The first kappa shape index (κ1) is 14.0. The molecule has 1 unspecified atom stereocenters. The summed E-state index contributed by atoms with van der Waals surface area (Å²) >= 11 is 5.97. The van der Waals surface area contributed by atoms with Gasteiger partial charge in [-0.2, -0.15) is 0 Å². The van der Waals surface area contributed by atoms with Crippen molar-refractivity contribution in [2.24, 2.45) is 5.73 Å². The smallest absolute Gasteiger partial charge is 0.134 e. The van der Waals surface area contributed by atoms with E-state index in [1.165, 1.54) is 10.9 Å². The molecule has 0 spiro atoms. The Kier molecular flexibility index (Phi) is 3.86. The second kappa shape index (κ2) is 5.80. The van der Waals surface area contributed by atoms with Crippen molar-refractivity contribution in [2.45, 2.75) is 12.3 Å². The lowest BCUT2D eigenvalue weighted by atomic mass is 9.92. The number of halogens is 1. The number of nitrogens with two attached hydrogens (primary N) is 1. The van der Waals surface area contributed by atoms with Crippen molar-refractivity contribution in [3.63, 3.8) is 0 Å². The molecule has 0 radical (unpaired) electrons. The number of nitrogens with one attached hydrogen (secondary N) is 1. The lowest BCUT2D eigenvalue weighted by molar-refractivity contribution is 0.475. The fourth-order valence-electron chi connectivity index (χ4n) is 2.71. The molecule has 0 bridgehead atoms. The molecule has 0 amide bonds. The van der Waals surface area contributed by atoms with E-state index in [-0.39, 0.29) is 11.7 Å². The highest BCUT2D eigenvalue weighted by Gasteiger charge is 2.15. The van der Waals surface area contributed by atoms with E-state index in [0.29, 0.717) is 11.6 Å². The molecule has 0 aliphatic heterocycles. The molecule has 4 heteroatoms. The normalized spacial score (nSPS) is 12.7. The molecule has 0 aliphatic carbocycles. The number of aromatic nitrogens is 1. The van der Waals surface area contributed by atoms with Crippen molar-refractivity contribution in [1.82, 2.24) is 4.98 Å². The standard InChI is InChI=1S/C17H17ClN2O/c18-15-8-11(5-6-17(15)21)7-12(9-19)14-10-20-16-4-2-1-3-13(14)16/h1-6,8,10,12,20-21H,7,9,19H2. The molecule has 1 aromatic heterocycles. The predicted molar refractivity (Wildman–Crippen MR) is 86.9 cm³/mol. The number of H-pyrrole nitrogens is 1. The zero-order valence-electron chi connectivity index (χ0n) is 11.5. The van der Waals surface area contributed by atoms with Gasteiger partial charge in [0.15, 0.2) is 0 Å². The molecule has 21 heavy (non-hydrogen) atoms.